The molecule has 0 bridgehead atoms. The van der Waals surface area contributed by atoms with E-state index in [1.165, 1.54) is 12.8 Å². The molecule has 1 aliphatic rings. The van der Waals surface area contributed by atoms with Crippen molar-refractivity contribution < 1.29 is 9.90 Å². The van der Waals surface area contributed by atoms with E-state index < -0.39 is 6.10 Å². The third-order valence-electron chi connectivity index (χ3n) is 4.21. The number of rotatable bonds is 6. The molecule has 0 aromatic heterocycles. The van der Waals surface area contributed by atoms with Gasteiger partial charge in [-0.15, -0.1) is 0 Å². The highest BCUT2D eigenvalue weighted by Crippen LogP contribution is 2.28. The second-order valence-corrected chi connectivity index (χ2v) is 7.07. The number of carbonyl (C=O) groups excluding carboxylic acids is 1. The van der Waals surface area contributed by atoms with Gasteiger partial charge in [0.1, 0.15) is 0 Å². The minimum atomic E-state index is -0.554. The van der Waals surface area contributed by atoms with Crippen LogP contribution in [0.3, 0.4) is 0 Å². The maximum absolute atomic E-state index is 12.1. The summed E-state index contributed by atoms with van der Waals surface area (Å²) in [5.74, 6) is 0. The first-order valence-corrected chi connectivity index (χ1v) is 9.21. The maximum atomic E-state index is 12.1. The highest BCUT2D eigenvalue weighted by molar-refractivity contribution is 7.99. The van der Waals surface area contributed by atoms with Crippen LogP contribution in [0.1, 0.15) is 44.3 Å². The molecule has 1 saturated carbocycles. The van der Waals surface area contributed by atoms with Crippen molar-refractivity contribution in [2.24, 2.45) is 0 Å². The number of urea groups is 1. The van der Waals surface area contributed by atoms with E-state index in [4.69, 9.17) is 0 Å². The van der Waals surface area contributed by atoms with Gasteiger partial charge in [0.15, 0.2) is 0 Å². The number of aliphatic hydroxyl groups is 1. The summed E-state index contributed by atoms with van der Waals surface area (Å²) in [5, 5.41) is 16.7. The van der Waals surface area contributed by atoms with Gasteiger partial charge >= 0.3 is 6.03 Å². The number of hydrogen-bond donors (Lipinski definition) is 3. The molecule has 2 amide bonds. The molecule has 1 aliphatic carbocycles. The fourth-order valence-corrected chi connectivity index (χ4v) is 3.95. The molecule has 22 heavy (non-hydrogen) atoms. The van der Waals surface area contributed by atoms with E-state index in [1.54, 1.807) is 0 Å². The Morgan fingerprint density at radius 1 is 1.36 bits per heavy atom. The Bertz CT molecular complexity index is 469. The van der Waals surface area contributed by atoms with Crippen molar-refractivity contribution in [3.05, 3.63) is 35.9 Å². The normalized spacial score (nSPS) is 23.8. The van der Waals surface area contributed by atoms with Crippen molar-refractivity contribution in [3.8, 4) is 0 Å². The van der Waals surface area contributed by atoms with E-state index >= 15 is 0 Å². The molecule has 4 atom stereocenters. The number of thioether (sulfide) groups is 1. The summed E-state index contributed by atoms with van der Waals surface area (Å²) in [5.41, 5.74) is 0.884. The van der Waals surface area contributed by atoms with Crippen LogP contribution in [0, 0.1) is 0 Å². The molecular weight excluding hydrogens is 296 g/mol. The summed E-state index contributed by atoms with van der Waals surface area (Å²) >= 11 is 1.83. The molecule has 1 aromatic rings. The molecule has 0 saturated heterocycles. The topological polar surface area (TPSA) is 61.4 Å². The molecule has 1 aromatic carbocycles. The summed E-state index contributed by atoms with van der Waals surface area (Å²) in [6.07, 6.45) is 5.46. The van der Waals surface area contributed by atoms with Crippen LogP contribution in [-0.2, 0) is 0 Å². The van der Waals surface area contributed by atoms with Crippen LogP contribution >= 0.6 is 11.8 Å². The van der Waals surface area contributed by atoms with E-state index in [9.17, 15) is 9.90 Å². The zero-order valence-electron chi connectivity index (χ0n) is 13.3. The lowest BCUT2D eigenvalue weighted by atomic mass is 10.0. The van der Waals surface area contributed by atoms with Gasteiger partial charge in [0.25, 0.3) is 0 Å². The monoisotopic (exact) mass is 322 g/mol. The van der Waals surface area contributed by atoms with Gasteiger partial charge in [-0.05, 0) is 38.0 Å². The van der Waals surface area contributed by atoms with Crippen molar-refractivity contribution in [1.82, 2.24) is 10.6 Å². The largest absolute Gasteiger partial charge is 0.388 e. The molecule has 0 aliphatic heterocycles. The lowest BCUT2D eigenvalue weighted by Gasteiger charge is -2.22. The molecule has 4 nitrogen and oxygen atoms in total. The maximum Gasteiger partial charge on any atom is 0.315 e. The first-order chi connectivity index (χ1) is 10.6. The molecule has 1 fully saturated rings. The van der Waals surface area contributed by atoms with Crippen LogP contribution in [-0.4, -0.2) is 34.7 Å². The Kier molecular flexibility index (Phi) is 6.58. The average molecular weight is 322 g/mol. The van der Waals surface area contributed by atoms with Crippen LogP contribution in [0.2, 0.25) is 0 Å². The van der Waals surface area contributed by atoms with Crippen molar-refractivity contribution in [2.75, 3.05) is 6.26 Å². The van der Waals surface area contributed by atoms with Gasteiger partial charge in [0.2, 0.25) is 0 Å². The van der Waals surface area contributed by atoms with Gasteiger partial charge in [-0.1, -0.05) is 36.8 Å². The first-order valence-electron chi connectivity index (χ1n) is 7.93. The second-order valence-electron chi connectivity index (χ2n) is 5.99. The van der Waals surface area contributed by atoms with Crippen molar-refractivity contribution in [1.29, 1.82) is 0 Å². The van der Waals surface area contributed by atoms with Crippen LogP contribution in [0.4, 0.5) is 4.79 Å². The van der Waals surface area contributed by atoms with Gasteiger partial charge in [0.05, 0.1) is 6.10 Å². The standard InChI is InChI=1S/C17H26N2O2S/c1-12(11-15(20)13-7-4-3-5-8-13)18-17(21)19-14-9-6-10-16(14)22-2/h3-5,7-8,12,14-16,20H,6,9-11H2,1-2H3,(H2,18,19,21)/t12-,14-,15-,16+/m0/s1. The van der Waals surface area contributed by atoms with Gasteiger partial charge in [0, 0.05) is 17.3 Å². The number of aliphatic hydroxyl groups excluding tert-OH is 1. The Morgan fingerprint density at radius 3 is 2.77 bits per heavy atom. The van der Waals surface area contributed by atoms with Crippen LogP contribution in [0.15, 0.2) is 30.3 Å². The Morgan fingerprint density at radius 2 is 2.09 bits per heavy atom. The number of hydrogen-bond acceptors (Lipinski definition) is 3. The van der Waals surface area contributed by atoms with Gasteiger partial charge in [-0.3, -0.25) is 0 Å². The van der Waals surface area contributed by atoms with E-state index in [0.717, 1.165) is 12.0 Å². The SMILES string of the molecule is CS[C@@H]1CCC[C@@H]1NC(=O)N[C@@H](C)C[C@H](O)c1ccccc1. The molecule has 5 heteroatoms. The third-order valence-corrected chi connectivity index (χ3v) is 5.38. The second kappa shape index (κ2) is 8.44. The Balaban J connectivity index is 1.76. The fourth-order valence-electron chi connectivity index (χ4n) is 3.01. The number of benzene rings is 1. The Labute approximate surface area is 137 Å². The van der Waals surface area contributed by atoms with Crippen LogP contribution in [0.25, 0.3) is 0 Å². The van der Waals surface area contributed by atoms with Crippen molar-refractivity contribution >= 4 is 17.8 Å². The Hall–Kier alpha value is -1.20. The van der Waals surface area contributed by atoms with E-state index in [0.29, 0.717) is 11.7 Å². The molecule has 2 rings (SSSR count). The van der Waals surface area contributed by atoms with Crippen LogP contribution < -0.4 is 10.6 Å². The molecule has 122 valence electrons. The summed E-state index contributed by atoms with van der Waals surface area (Å²) in [6.45, 7) is 1.92. The predicted octanol–water partition coefficient (Wildman–Crippen LogP) is 3.08. The number of amides is 2. The molecular formula is C17H26N2O2S. The summed E-state index contributed by atoms with van der Waals surface area (Å²) in [6, 6.07) is 9.61. The molecule has 0 spiro atoms. The van der Waals surface area contributed by atoms with Crippen molar-refractivity contribution in [2.45, 2.75) is 56.0 Å². The highest BCUT2D eigenvalue weighted by Gasteiger charge is 2.28. The highest BCUT2D eigenvalue weighted by atomic mass is 32.2. The summed E-state index contributed by atoms with van der Waals surface area (Å²) in [4.78, 5) is 12.1. The van der Waals surface area contributed by atoms with Gasteiger partial charge < -0.3 is 15.7 Å². The average Bonchev–Trinajstić information content (AvgIpc) is 2.94. The minimum absolute atomic E-state index is 0.0793. The zero-order chi connectivity index (χ0) is 15.9. The smallest absolute Gasteiger partial charge is 0.315 e. The molecule has 0 heterocycles. The lowest BCUT2D eigenvalue weighted by Crippen LogP contribution is -2.47. The molecule has 0 unspecified atom stereocenters. The van der Waals surface area contributed by atoms with E-state index in [1.807, 2.05) is 49.0 Å². The van der Waals surface area contributed by atoms with Crippen LogP contribution in [0.5, 0.6) is 0 Å². The van der Waals surface area contributed by atoms with Crippen molar-refractivity contribution in [3.63, 3.8) is 0 Å². The summed E-state index contributed by atoms with van der Waals surface area (Å²) in [7, 11) is 0. The fraction of sp³-hybridized carbons (Fsp3) is 0.588. The predicted molar refractivity (Wildman–Crippen MR) is 92.1 cm³/mol. The van der Waals surface area contributed by atoms with Gasteiger partial charge in [-0.2, -0.15) is 11.8 Å². The van der Waals surface area contributed by atoms with E-state index in [-0.39, 0.29) is 18.1 Å². The van der Waals surface area contributed by atoms with Gasteiger partial charge in [-0.25, -0.2) is 4.79 Å². The molecule has 0 radical (unpaired) electrons. The first kappa shape index (κ1) is 17.2. The minimum Gasteiger partial charge on any atom is -0.388 e. The number of carbonyl (C=O) groups is 1. The van der Waals surface area contributed by atoms with E-state index in [2.05, 4.69) is 16.9 Å². The number of nitrogens with one attached hydrogen (secondary N) is 2. The zero-order valence-corrected chi connectivity index (χ0v) is 14.1. The summed E-state index contributed by atoms with van der Waals surface area (Å²) < 4.78 is 0. The lowest BCUT2D eigenvalue weighted by molar-refractivity contribution is 0.154. The third kappa shape index (κ3) is 4.92. The molecule has 3 N–H and O–H groups in total. The quantitative estimate of drug-likeness (QED) is 0.754.